The molecular weight excluding hydrogens is 566 g/mol. The normalized spacial score (nSPS) is 14.2. The van der Waals surface area contributed by atoms with Crippen LogP contribution in [-0.4, -0.2) is 49.4 Å². The average Bonchev–Trinajstić information content (AvgIpc) is 3.13. The fourth-order valence-electron chi connectivity index (χ4n) is 6.99. The highest BCUT2D eigenvalue weighted by Gasteiger charge is 2.34. The molecule has 6 rings (SSSR count). The summed E-state index contributed by atoms with van der Waals surface area (Å²) >= 11 is 0. The lowest BCUT2D eigenvalue weighted by Gasteiger charge is -2.37. The number of nitrogens with zero attached hydrogens (tertiary/aromatic N) is 1. The Labute approximate surface area is 272 Å². The zero-order valence-corrected chi connectivity index (χ0v) is 26.4. The van der Waals surface area contributed by atoms with Gasteiger partial charge < -0.3 is 15.5 Å². The van der Waals surface area contributed by atoms with Gasteiger partial charge in [-0.3, -0.25) is 9.59 Å². The summed E-state index contributed by atoms with van der Waals surface area (Å²) < 4.78 is 0. The van der Waals surface area contributed by atoms with Crippen LogP contribution in [0, 0.1) is 0 Å². The van der Waals surface area contributed by atoms with E-state index in [1.54, 1.807) is 6.07 Å². The molecule has 1 aliphatic heterocycles. The van der Waals surface area contributed by atoms with Crippen LogP contribution in [0.3, 0.4) is 0 Å². The molecule has 0 aliphatic carbocycles. The minimum atomic E-state index is -0.400. The number of benzene rings is 5. The molecule has 5 aromatic carbocycles. The lowest BCUT2D eigenvalue weighted by atomic mass is 9.71. The second-order valence-corrected chi connectivity index (χ2v) is 12.5. The van der Waals surface area contributed by atoms with E-state index < -0.39 is 5.41 Å². The predicted octanol–water partition coefficient (Wildman–Crippen LogP) is 7.33. The van der Waals surface area contributed by atoms with Gasteiger partial charge in [0.2, 0.25) is 5.91 Å². The van der Waals surface area contributed by atoms with Gasteiger partial charge in [-0.25, -0.2) is 0 Å². The minimum absolute atomic E-state index is 0.0817. The second-order valence-electron chi connectivity index (χ2n) is 12.5. The van der Waals surface area contributed by atoms with Crippen LogP contribution in [0.25, 0.3) is 10.8 Å². The highest BCUT2D eigenvalue weighted by atomic mass is 16.2. The molecule has 0 spiro atoms. The molecule has 5 aromatic rings. The number of rotatable bonds is 12. The van der Waals surface area contributed by atoms with Gasteiger partial charge >= 0.3 is 0 Å². The first kappa shape index (κ1) is 31.3. The summed E-state index contributed by atoms with van der Waals surface area (Å²) in [7, 11) is 0. The summed E-state index contributed by atoms with van der Waals surface area (Å²) in [6, 6.07) is 45.5. The van der Waals surface area contributed by atoms with Gasteiger partial charge in [0.05, 0.1) is 6.54 Å². The Morgan fingerprint density at radius 1 is 0.674 bits per heavy atom. The van der Waals surface area contributed by atoms with Crippen molar-refractivity contribution in [3.8, 4) is 0 Å². The maximum absolute atomic E-state index is 13.2. The molecule has 0 saturated carbocycles. The molecule has 5 nitrogen and oxygen atoms in total. The number of fused-ring (bicyclic) bond motifs is 1. The summed E-state index contributed by atoms with van der Waals surface area (Å²) in [5, 5.41) is 8.10. The molecule has 0 radical (unpaired) electrons. The monoisotopic (exact) mass is 609 g/mol. The van der Waals surface area contributed by atoms with Crippen LogP contribution in [-0.2, 0) is 10.2 Å². The number of carbonyl (C=O) groups excluding carboxylic acids is 2. The van der Waals surface area contributed by atoms with Crippen molar-refractivity contribution in [2.75, 3.05) is 32.7 Å². The van der Waals surface area contributed by atoms with E-state index in [0.717, 1.165) is 43.2 Å². The minimum Gasteiger partial charge on any atom is -0.353 e. The molecule has 2 N–H and O–H groups in total. The van der Waals surface area contributed by atoms with Crippen LogP contribution >= 0.6 is 0 Å². The van der Waals surface area contributed by atoms with Gasteiger partial charge in [-0.1, -0.05) is 121 Å². The van der Waals surface area contributed by atoms with E-state index in [4.69, 9.17) is 0 Å². The highest BCUT2D eigenvalue weighted by Crippen LogP contribution is 2.37. The topological polar surface area (TPSA) is 61.4 Å². The van der Waals surface area contributed by atoms with Crippen molar-refractivity contribution in [3.63, 3.8) is 0 Å². The van der Waals surface area contributed by atoms with Gasteiger partial charge in [0.25, 0.3) is 5.91 Å². The molecule has 234 valence electrons. The number of amides is 2. The van der Waals surface area contributed by atoms with Crippen LogP contribution in [0.2, 0.25) is 0 Å². The largest absolute Gasteiger partial charge is 0.353 e. The Morgan fingerprint density at radius 2 is 1.26 bits per heavy atom. The molecule has 0 atom stereocenters. The van der Waals surface area contributed by atoms with Crippen molar-refractivity contribution < 1.29 is 9.59 Å². The lowest BCUT2D eigenvalue weighted by Crippen LogP contribution is -2.45. The zero-order valence-electron chi connectivity index (χ0n) is 26.4. The van der Waals surface area contributed by atoms with E-state index in [0.29, 0.717) is 18.0 Å². The van der Waals surface area contributed by atoms with Crippen molar-refractivity contribution in [1.82, 2.24) is 15.5 Å². The molecule has 1 saturated heterocycles. The summed E-state index contributed by atoms with van der Waals surface area (Å²) in [5.41, 5.74) is 3.97. The van der Waals surface area contributed by atoms with Gasteiger partial charge in [0, 0.05) is 17.5 Å². The maximum Gasteiger partial charge on any atom is 0.251 e. The molecule has 1 fully saturated rings. The summed E-state index contributed by atoms with van der Waals surface area (Å²) in [5.74, 6) is 0.185. The Bertz CT molecular complexity index is 1680. The van der Waals surface area contributed by atoms with E-state index in [9.17, 15) is 9.59 Å². The smallest absolute Gasteiger partial charge is 0.251 e. The van der Waals surface area contributed by atoms with Crippen LogP contribution < -0.4 is 10.6 Å². The Balaban J connectivity index is 1.11. The first-order valence-corrected chi connectivity index (χ1v) is 16.5. The van der Waals surface area contributed by atoms with Crippen LogP contribution in [0.1, 0.15) is 58.6 Å². The second kappa shape index (κ2) is 15.0. The standard InChI is InChI=1S/C41H43N3O2/c45-39(30-42-40(46)36-22-21-33-15-10-11-16-35(33)29-36)43-31-41(37-17-6-2-7-18-37,38-19-8-3-9-20-38)25-12-26-44-27-23-34(24-28-44)32-13-4-1-5-14-32/h1-11,13-22,29,34H,12,23-28,30-31H2,(H,42,46)(H,43,45). The first-order chi connectivity index (χ1) is 22.6. The number of carbonyl (C=O) groups is 2. The van der Waals surface area contributed by atoms with E-state index in [-0.39, 0.29) is 18.4 Å². The molecule has 0 bridgehead atoms. The third-order valence-corrected chi connectivity index (χ3v) is 9.60. The average molecular weight is 610 g/mol. The van der Waals surface area contributed by atoms with Crippen molar-refractivity contribution in [2.24, 2.45) is 0 Å². The first-order valence-electron chi connectivity index (χ1n) is 16.5. The van der Waals surface area contributed by atoms with Gasteiger partial charge in [0.1, 0.15) is 0 Å². The summed E-state index contributed by atoms with van der Waals surface area (Å²) in [6.45, 7) is 3.61. The number of hydrogen-bond acceptors (Lipinski definition) is 3. The van der Waals surface area contributed by atoms with E-state index in [1.165, 1.54) is 29.5 Å². The zero-order chi connectivity index (χ0) is 31.6. The Morgan fingerprint density at radius 3 is 1.91 bits per heavy atom. The third-order valence-electron chi connectivity index (χ3n) is 9.60. The van der Waals surface area contributed by atoms with Crippen LogP contribution in [0.5, 0.6) is 0 Å². The van der Waals surface area contributed by atoms with Crippen LogP contribution in [0.4, 0.5) is 0 Å². The summed E-state index contributed by atoms with van der Waals surface area (Å²) in [6.07, 6.45) is 4.28. The highest BCUT2D eigenvalue weighted by molar-refractivity contribution is 6.00. The molecule has 0 aromatic heterocycles. The molecule has 5 heteroatoms. The van der Waals surface area contributed by atoms with Gasteiger partial charge in [0.15, 0.2) is 0 Å². The molecular formula is C41H43N3O2. The quantitative estimate of drug-likeness (QED) is 0.156. The van der Waals surface area contributed by atoms with Gasteiger partial charge in [-0.05, 0) is 90.8 Å². The number of nitrogens with one attached hydrogen (secondary N) is 2. The van der Waals surface area contributed by atoms with Crippen LogP contribution in [0.15, 0.2) is 133 Å². The maximum atomic E-state index is 13.2. The molecule has 2 amide bonds. The van der Waals surface area contributed by atoms with E-state index in [2.05, 4.69) is 94.4 Å². The molecule has 1 heterocycles. The Kier molecular flexibility index (Phi) is 10.2. The number of piperidine rings is 1. The third kappa shape index (κ3) is 7.55. The van der Waals surface area contributed by atoms with Crippen molar-refractivity contribution >= 4 is 22.6 Å². The number of hydrogen-bond donors (Lipinski definition) is 2. The molecule has 46 heavy (non-hydrogen) atoms. The van der Waals surface area contributed by atoms with E-state index in [1.807, 2.05) is 48.5 Å². The molecule has 1 aliphatic rings. The van der Waals surface area contributed by atoms with Crippen molar-refractivity contribution in [2.45, 2.75) is 37.0 Å². The van der Waals surface area contributed by atoms with Crippen molar-refractivity contribution in [1.29, 1.82) is 0 Å². The van der Waals surface area contributed by atoms with Gasteiger partial charge in [-0.2, -0.15) is 0 Å². The van der Waals surface area contributed by atoms with E-state index >= 15 is 0 Å². The fourth-order valence-corrected chi connectivity index (χ4v) is 6.99. The van der Waals surface area contributed by atoms with Gasteiger partial charge in [-0.15, -0.1) is 0 Å². The van der Waals surface area contributed by atoms with Crippen molar-refractivity contribution in [3.05, 3.63) is 156 Å². The molecule has 0 unspecified atom stereocenters. The SMILES string of the molecule is O=C(CNC(=O)c1ccc2ccccc2c1)NCC(CCCN1CCC(c2ccccc2)CC1)(c1ccccc1)c1ccccc1. The summed E-state index contributed by atoms with van der Waals surface area (Å²) in [4.78, 5) is 28.8. The predicted molar refractivity (Wildman–Crippen MR) is 187 cm³/mol. The Hall–Kier alpha value is -4.74. The lowest BCUT2D eigenvalue weighted by molar-refractivity contribution is -0.120. The number of likely N-dealkylation sites (tertiary alicyclic amines) is 1. The fraction of sp³-hybridized carbons (Fsp3) is 0.268.